The van der Waals surface area contributed by atoms with Gasteiger partial charge in [0.05, 0.1) is 0 Å². The molecule has 2 rings (SSSR count). The van der Waals surface area contributed by atoms with Crippen molar-refractivity contribution in [3.8, 4) is 0 Å². The Kier molecular flexibility index (Phi) is 2.77. The summed E-state index contributed by atoms with van der Waals surface area (Å²) in [5.74, 6) is 1.96. The van der Waals surface area contributed by atoms with Crippen LogP contribution in [0.5, 0.6) is 0 Å². The summed E-state index contributed by atoms with van der Waals surface area (Å²) in [7, 11) is 0. The third kappa shape index (κ3) is 2.10. The number of ether oxygens (including phenoxy) is 2. The van der Waals surface area contributed by atoms with Gasteiger partial charge >= 0.3 is 0 Å². The molecule has 0 unspecified atom stereocenters. The van der Waals surface area contributed by atoms with Gasteiger partial charge in [0.15, 0.2) is 0 Å². The minimum atomic E-state index is 0.662. The van der Waals surface area contributed by atoms with Crippen LogP contribution in [0.4, 0.5) is 0 Å². The Morgan fingerprint density at radius 2 is 1.93 bits per heavy atom. The second-order valence-electron chi connectivity index (χ2n) is 3.39. The van der Waals surface area contributed by atoms with Gasteiger partial charge in [0, 0.05) is 18.5 Å². The highest BCUT2D eigenvalue weighted by atomic mass is 16.6. The molecule has 14 heavy (non-hydrogen) atoms. The van der Waals surface area contributed by atoms with E-state index in [9.17, 15) is 0 Å². The van der Waals surface area contributed by atoms with Gasteiger partial charge < -0.3 is 15.2 Å². The quantitative estimate of drug-likeness (QED) is 0.638. The maximum Gasteiger partial charge on any atom is 0.137 e. The van der Waals surface area contributed by atoms with Crippen LogP contribution in [0, 0.1) is 0 Å². The van der Waals surface area contributed by atoms with Gasteiger partial charge in [-0.1, -0.05) is 12.2 Å². The summed E-state index contributed by atoms with van der Waals surface area (Å²) >= 11 is 0. The van der Waals surface area contributed by atoms with Gasteiger partial charge in [0.1, 0.15) is 24.7 Å². The Balaban J connectivity index is 2.15. The number of hydrogen-bond donors (Lipinski definition) is 1. The summed E-state index contributed by atoms with van der Waals surface area (Å²) < 4.78 is 11.1. The Morgan fingerprint density at radius 3 is 2.79 bits per heavy atom. The van der Waals surface area contributed by atoms with Crippen LogP contribution >= 0.6 is 0 Å². The first-order chi connectivity index (χ1) is 6.86. The van der Waals surface area contributed by atoms with E-state index in [1.165, 1.54) is 0 Å². The molecule has 2 aliphatic rings. The molecule has 0 fully saturated rings. The molecule has 3 nitrogen and oxygen atoms in total. The number of hydrogen-bond acceptors (Lipinski definition) is 3. The van der Waals surface area contributed by atoms with Crippen LogP contribution in [0.15, 0.2) is 35.4 Å². The number of allylic oxidation sites excluding steroid dienone is 4. The zero-order valence-electron chi connectivity index (χ0n) is 8.16. The molecule has 3 heteroatoms. The van der Waals surface area contributed by atoms with Crippen molar-refractivity contribution in [2.24, 2.45) is 5.73 Å². The van der Waals surface area contributed by atoms with Gasteiger partial charge in [-0.15, -0.1) is 0 Å². The Hall–Kier alpha value is -1.38. The monoisotopic (exact) mass is 193 g/mol. The van der Waals surface area contributed by atoms with Gasteiger partial charge in [0.2, 0.25) is 0 Å². The van der Waals surface area contributed by atoms with E-state index in [4.69, 9.17) is 15.2 Å². The molecular weight excluding hydrogens is 178 g/mol. The second kappa shape index (κ2) is 4.22. The van der Waals surface area contributed by atoms with E-state index in [1.807, 2.05) is 18.2 Å². The Bertz CT molecular complexity index is 302. The Labute approximate surface area is 83.9 Å². The molecule has 76 valence electrons. The summed E-state index contributed by atoms with van der Waals surface area (Å²) in [4.78, 5) is 0. The van der Waals surface area contributed by atoms with Crippen molar-refractivity contribution >= 4 is 0 Å². The standard InChI is InChI=1S/C11H15NO2/c12-9-3-1-5-10-11(6-2-4-9)14-8-7-13-10/h1,3-4H,2,5-8,12H2/b3-1-,9-4+. The van der Waals surface area contributed by atoms with Crippen molar-refractivity contribution in [1.82, 2.24) is 0 Å². The zero-order chi connectivity index (χ0) is 9.80. The third-order valence-electron chi connectivity index (χ3n) is 2.31. The van der Waals surface area contributed by atoms with Crippen LogP contribution in [-0.4, -0.2) is 13.2 Å². The largest absolute Gasteiger partial charge is 0.491 e. The van der Waals surface area contributed by atoms with Crippen molar-refractivity contribution in [2.75, 3.05) is 13.2 Å². The molecule has 0 atom stereocenters. The summed E-state index contributed by atoms with van der Waals surface area (Å²) in [6.07, 6.45) is 8.54. The van der Waals surface area contributed by atoms with Gasteiger partial charge in [-0.05, 0) is 12.5 Å². The molecule has 2 N–H and O–H groups in total. The van der Waals surface area contributed by atoms with Crippen molar-refractivity contribution in [2.45, 2.75) is 19.3 Å². The van der Waals surface area contributed by atoms with Crippen LogP contribution in [0.25, 0.3) is 0 Å². The first kappa shape index (κ1) is 9.19. The van der Waals surface area contributed by atoms with Gasteiger partial charge in [-0.3, -0.25) is 0 Å². The summed E-state index contributed by atoms with van der Waals surface area (Å²) in [5, 5.41) is 0. The second-order valence-corrected chi connectivity index (χ2v) is 3.39. The third-order valence-corrected chi connectivity index (χ3v) is 2.31. The molecule has 1 heterocycles. The molecule has 0 spiro atoms. The predicted molar refractivity (Wildman–Crippen MR) is 54.2 cm³/mol. The molecular formula is C11H15NO2. The van der Waals surface area contributed by atoms with Crippen LogP contribution in [0.3, 0.4) is 0 Å². The van der Waals surface area contributed by atoms with E-state index in [0.29, 0.717) is 13.2 Å². The topological polar surface area (TPSA) is 44.5 Å². The van der Waals surface area contributed by atoms with Crippen LogP contribution in [0.2, 0.25) is 0 Å². The van der Waals surface area contributed by atoms with E-state index >= 15 is 0 Å². The van der Waals surface area contributed by atoms with E-state index in [-0.39, 0.29) is 0 Å². The van der Waals surface area contributed by atoms with Crippen molar-refractivity contribution in [1.29, 1.82) is 0 Å². The molecule has 0 saturated carbocycles. The minimum Gasteiger partial charge on any atom is -0.491 e. The van der Waals surface area contributed by atoms with Crippen molar-refractivity contribution in [3.05, 3.63) is 35.4 Å². The normalized spacial score (nSPS) is 28.1. The molecule has 0 aromatic rings. The lowest BCUT2D eigenvalue weighted by Gasteiger charge is -2.21. The summed E-state index contributed by atoms with van der Waals surface area (Å²) in [6, 6.07) is 0. The van der Waals surface area contributed by atoms with Crippen LogP contribution in [0.1, 0.15) is 19.3 Å². The maximum atomic E-state index is 5.74. The van der Waals surface area contributed by atoms with E-state index < -0.39 is 0 Å². The number of nitrogens with two attached hydrogens (primary N) is 1. The van der Waals surface area contributed by atoms with Crippen LogP contribution < -0.4 is 5.73 Å². The average molecular weight is 193 g/mol. The molecule has 0 bridgehead atoms. The van der Waals surface area contributed by atoms with Crippen LogP contribution in [-0.2, 0) is 9.47 Å². The highest BCUT2D eigenvalue weighted by Crippen LogP contribution is 2.22. The zero-order valence-corrected chi connectivity index (χ0v) is 8.16. The number of rotatable bonds is 0. The molecule has 0 saturated heterocycles. The fourth-order valence-electron chi connectivity index (χ4n) is 1.62. The van der Waals surface area contributed by atoms with E-state index in [0.717, 1.165) is 36.5 Å². The first-order valence-electron chi connectivity index (χ1n) is 4.96. The van der Waals surface area contributed by atoms with Gasteiger partial charge in [0.25, 0.3) is 0 Å². The minimum absolute atomic E-state index is 0.662. The smallest absolute Gasteiger partial charge is 0.137 e. The van der Waals surface area contributed by atoms with E-state index in [1.54, 1.807) is 0 Å². The van der Waals surface area contributed by atoms with Crippen molar-refractivity contribution in [3.63, 3.8) is 0 Å². The van der Waals surface area contributed by atoms with Gasteiger partial charge in [-0.25, -0.2) is 0 Å². The first-order valence-corrected chi connectivity index (χ1v) is 4.96. The van der Waals surface area contributed by atoms with E-state index in [2.05, 4.69) is 0 Å². The summed E-state index contributed by atoms with van der Waals surface area (Å²) in [5.41, 5.74) is 6.56. The average Bonchev–Trinajstić information content (AvgIpc) is 2.28. The van der Waals surface area contributed by atoms with Gasteiger partial charge in [-0.2, -0.15) is 0 Å². The molecule has 0 amide bonds. The fourth-order valence-corrected chi connectivity index (χ4v) is 1.62. The maximum absolute atomic E-state index is 5.74. The SMILES string of the molecule is NC1=C/CCC2=C(C/C=C\1)OCCO2. The highest BCUT2D eigenvalue weighted by molar-refractivity contribution is 5.20. The predicted octanol–water partition coefficient (Wildman–Crippen LogP) is 1.83. The molecule has 0 aromatic carbocycles. The molecule has 1 aliphatic carbocycles. The fraction of sp³-hybridized carbons (Fsp3) is 0.455. The highest BCUT2D eigenvalue weighted by Gasteiger charge is 2.14. The Morgan fingerprint density at radius 1 is 1.14 bits per heavy atom. The van der Waals surface area contributed by atoms with Crippen molar-refractivity contribution < 1.29 is 9.47 Å². The molecule has 0 aromatic heterocycles. The molecule has 1 aliphatic heterocycles. The lowest BCUT2D eigenvalue weighted by atomic mass is 10.2. The lowest BCUT2D eigenvalue weighted by Crippen LogP contribution is -2.13. The lowest BCUT2D eigenvalue weighted by molar-refractivity contribution is 0.0556. The molecule has 0 radical (unpaired) electrons. The summed E-state index contributed by atoms with van der Waals surface area (Å²) in [6.45, 7) is 1.33.